The predicted octanol–water partition coefficient (Wildman–Crippen LogP) is 6.10. The fourth-order valence-electron chi connectivity index (χ4n) is 5.00. The van der Waals surface area contributed by atoms with E-state index < -0.39 is 17.2 Å². The summed E-state index contributed by atoms with van der Waals surface area (Å²) < 4.78 is 0. The molecule has 0 radical (unpaired) electrons. The van der Waals surface area contributed by atoms with Crippen LogP contribution in [-0.4, -0.2) is 43.7 Å². The van der Waals surface area contributed by atoms with E-state index in [1.54, 1.807) is 6.92 Å². The number of aliphatic hydroxyl groups is 3. The lowest BCUT2D eigenvalue weighted by Crippen LogP contribution is -2.28. The van der Waals surface area contributed by atoms with Gasteiger partial charge in [0.05, 0.1) is 23.2 Å². The molecule has 0 aromatic heterocycles. The predicted molar refractivity (Wildman–Crippen MR) is 135 cm³/mol. The topological polar surface area (TPSA) is 98.0 Å². The van der Waals surface area contributed by atoms with Crippen molar-refractivity contribution in [3.05, 3.63) is 11.6 Å². The van der Waals surface area contributed by atoms with Crippen LogP contribution in [0.3, 0.4) is 0 Å². The highest BCUT2D eigenvalue weighted by atomic mass is 16.4. The normalized spacial score (nSPS) is 26.7. The minimum absolute atomic E-state index is 0.303. The summed E-state index contributed by atoms with van der Waals surface area (Å²) >= 11 is 0. The molecule has 4 N–H and O–H groups in total. The average molecular weight is 469 g/mol. The standard InChI is InChI=1S/C28H52O5/c1-20(12-13-24-18-22(3)23(4)25(29)19-24)10-7-14-27(5,32)16-9-17-28(6,33)15-8-11-21(2)26(30)31/h19-23,25,29,32-33H,7-18H2,1-6H3,(H,30,31). The number of aliphatic carboxylic acids is 1. The van der Waals surface area contributed by atoms with Crippen LogP contribution in [0.15, 0.2) is 11.6 Å². The van der Waals surface area contributed by atoms with Crippen LogP contribution in [0.25, 0.3) is 0 Å². The van der Waals surface area contributed by atoms with Crippen LogP contribution in [0.4, 0.5) is 0 Å². The minimum Gasteiger partial charge on any atom is -0.481 e. The largest absolute Gasteiger partial charge is 0.481 e. The molecule has 0 aromatic rings. The Labute approximate surface area is 202 Å². The minimum atomic E-state index is -0.806. The smallest absolute Gasteiger partial charge is 0.306 e. The second-order valence-electron chi connectivity index (χ2n) is 11.9. The lowest BCUT2D eigenvalue weighted by atomic mass is 9.78. The van der Waals surface area contributed by atoms with Crippen molar-refractivity contribution in [3.63, 3.8) is 0 Å². The molecule has 0 bridgehead atoms. The van der Waals surface area contributed by atoms with Gasteiger partial charge in [0.2, 0.25) is 0 Å². The fraction of sp³-hybridized carbons (Fsp3) is 0.893. The van der Waals surface area contributed by atoms with E-state index in [9.17, 15) is 20.1 Å². The van der Waals surface area contributed by atoms with Gasteiger partial charge in [-0.05, 0) is 95.8 Å². The summed E-state index contributed by atoms with van der Waals surface area (Å²) in [6, 6.07) is 0. The number of allylic oxidation sites excluding steroid dienone is 1. The van der Waals surface area contributed by atoms with Crippen molar-refractivity contribution < 1.29 is 25.2 Å². The van der Waals surface area contributed by atoms with E-state index >= 15 is 0 Å². The number of carbonyl (C=O) groups is 1. The van der Waals surface area contributed by atoms with Gasteiger partial charge in [0.1, 0.15) is 0 Å². The number of hydrogen-bond acceptors (Lipinski definition) is 4. The second-order valence-corrected chi connectivity index (χ2v) is 11.9. The Balaban J connectivity index is 2.23. The van der Waals surface area contributed by atoms with Gasteiger partial charge in [0.15, 0.2) is 0 Å². The van der Waals surface area contributed by atoms with Gasteiger partial charge in [-0.1, -0.05) is 52.2 Å². The highest BCUT2D eigenvalue weighted by molar-refractivity contribution is 5.69. The van der Waals surface area contributed by atoms with E-state index in [-0.39, 0.29) is 12.0 Å². The van der Waals surface area contributed by atoms with Crippen LogP contribution in [0, 0.1) is 23.7 Å². The van der Waals surface area contributed by atoms with E-state index in [4.69, 9.17) is 5.11 Å². The van der Waals surface area contributed by atoms with E-state index in [1.807, 2.05) is 13.8 Å². The van der Waals surface area contributed by atoms with Crippen LogP contribution < -0.4 is 0 Å². The summed E-state index contributed by atoms with van der Waals surface area (Å²) in [5, 5.41) is 40.5. The van der Waals surface area contributed by atoms with Gasteiger partial charge < -0.3 is 20.4 Å². The Morgan fingerprint density at radius 3 is 2.00 bits per heavy atom. The molecule has 0 saturated carbocycles. The first-order chi connectivity index (χ1) is 15.2. The number of carboxylic acids is 1. The van der Waals surface area contributed by atoms with Gasteiger partial charge in [-0.3, -0.25) is 4.79 Å². The number of carboxylic acid groups (broad SMARTS) is 1. The van der Waals surface area contributed by atoms with Crippen LogP contribution in [0.5, 0.6) is 0 Å². The summed E-state index contributed by atoms with van der Waals surface area (Å²) in [7, 11) is 0. The van der Waals surface area contributed by atoms with Crippen molar-refractivity contribution in [1.29, 1.82) is 0 Å². The molecule has 0 aromatic carbocycles. The average Bonchev–Trinajstić information content (AvgIpc) is 2.69. The van der Waals surface area contributed by atoms with Gasteiger partial charge in [-0.15, -0.1) is 0 Å². The number of rotatable bonds is 16. The summed E-state index contributed by atoms with van der Waals surface area (Å²) in [5.41, 5.74) is -0.120. The van der Waals surface area contributed by atoms with Gasteiger partial charge in [-0.2, -0.15) is 0 Å². The van der Waals surface area contributed by atoms with E-state index in [0.29, 0.717) is 49.9 Å². The number of hydrogen-bond donors (Lipinski definition) is 4. The van der Waals surface area contributed by atoms with Gasteiger partial charge >= 0.3 is 5.97 Å². The zero-order valence-corrected chi connectivity index (χ0v) is 22.1. The zero-order valence-electron chi connectivity index (χ0n) is 22.1. The van der Waals surface area contributed by atoms with Crippen LogP contribution >= 0.6 is 0 Å². The lowest BCUT2D eigenvalue weighted by molar-refractivity contribution is -0.141. The molecule has 5 heteroatoms. The van der Waals surface area contributed by atoms with Crippen molar-refractivity contribution in [3.8, 4) is 0 Å². The van der Waals surface area contributed by atoms with Crippen LogP contribution in [-0.2, 0) is 4.79 Å². The van der Waals surface area contributed by atoms with E-state index in [0.717, 1.165) is 44.9 Å². The first-order valence-electron chi connectivity index (χ1n) is 13.3. The first-order valence-corrected chi connectivity index (χ1v) is 13.3. The van der Waals surface area contributed by atoms with Gasteiger partial charge in [-0.25, -0.2) is 0 Å². The molecule has 194 valence electrons. The molecule has 0 aliphatic heterocycles. The Morgan fingerprint density at radius 1 is 0.970 bits per heavy atom. The Hall–Kier alpha value is -0.910. The molecule has 0 amide bonds. The van der Waals surface area contributed by atoms with Gasteiger partial charge in [0.25, 0.3) is 0 Å². The molecule has 1 rings (SSSR count). The van der Waals surface area contributed by atoms with Crippen molar-refractivity contribution in [2.45, 2.75) is 136 Å². The summed E-state index contributed by atoms with van der Waals surface area (Å²) in [6.45, 7) is 12.1. The highest BCUT2D eigenvalue weighted by Crippen LogP contribution is 2.33. The van der Waals surface area contributed by atoms with Crippen LogP contribution in [0.2, 0.25) is 0 Å². The van der Waals surface area contributed by atoms with Crippen molar-refractivity contribution in [2.75, 3.05) is 0 Å². The molecule has 5 nitrogen and oxygen atoms in total. The quantitative estimate of drug-likeness (QED) is 0.205. The highest BCUT2D eigenvalue weighted by Gasteiger charge is 2.26. The molecular formula is C28H52O5. The lowest BCUT2D eigenvalue weighted by Gasteiger charge is -2.30. The molecule has 1 aliphatic rings. The first kappa shape index (κ1) is 30.1. The maximum absolute atomic E-state index is 10.9. The molecule has 7 unspecified atom stereocenters. The van der Waals surface area contributed by atoms with Crippen LogP contribution in [0.1, 0.15) is 119 Å². The zero-order chi connectivity index (χ0) is 25.2. The van der Waals surface area contributed by atoms with E-state index in [1.165, 1.54) is 5.57 Å². The monoisotopic (exact) mass is 468 g/mol. The Kier molecular flexibility index (Phi) is 12.6. The van der Waals surface area contributed by atoms with Gasteiger partial charge in [0, 0.05) is 0 Å². The maximum Gasteiger partial charge on any atom is 0.306 e. The molecule has 7 atom stereocenters. The van der Waals surface area contributed by atoms with Crippen molar-refractivity contribution >= 4 is 5.97 Å². The Bertz CT molecular complexity index is 609. The summed E-state index contributed by atoms with van der Waals surface area (Å²) in [5.74, 6) is 0.330. The molecule has 0 saturated heterocycles. The molecule has 0 spiro atoms. The van der Waals surface area contributed by atoms with E-state index in [2.05, 4.69) is 26.8 Å². The molecular weight excluding hydrogens is 416 g/mol. The second kappa shape index (κ2) is 13.8. The third kappa shape index (κ3) is 12.4. The van der Waals surface area contributed by atoms with Crippen molar-refractivity contribution in [2.24, 2.45) is 23.7 Å². The fourth-order valence-corrected chi connectivity index (χ4v) is 5.00. The Morgan fingerprint density at radius 2 is 1.48 bits per heavy atom. The third-order valence-electron chi connectivity index (χ3n) is 8.00. The number of aliphatic hydroxyl groups excluding tert-OH is 1. The molecule has 0 fully saturated rings. The third-order valence-corrected chi connectivity index (χ3v) is 8.00. The molecule has 1 aliphatic carbocycles. The summed E-state index contributed by atoms with van der Waals surface area (Å²) in [6.07, 6.45) is 11.8. The maximum atomic E-state index is 10.9. The summed E-state index contributed by atoms with van der Waals surface area (Å²) in [4.78, 5) is 10.9. The molecule has 33 heavy (non-hydrogen) atoms. The van der Waals surface area contributed by atoms with Crippen molar-refractivity contribution in [1.82, 2.24) is 0 Å². The SMILES string of the molecule is CC(CCCC(C)(O)CCCC(C)(O)CCCC(C)C(=O)O)CCC1=CC(O)C(C)C(C)C1. The molecule has 0 heterocycles.